The van der Waals surface area contributed by atoms with Crippen LogP contribution in [0.25, 0.3) is 0 Å². The predicted octanol–water partition coefficient (Wildman–Crippen LogP) is 2.80. The molecule has 2 nitrogen and oxygen atoms in total. The Hall–Kier alpha value is 0.210. The number of alkyl halides is 1. The Bertz CT molecular complexity index is 143. The summed E-state index contributed by atoms with van der Waals surface area (Å²) in [7, 11) is 0. The molecule has 0 aromatic carbocycles. The third-order valence-electron chi connectivity index (χ3n) is 3.04. The highest BCUT2D eigenvalue weighted by Crippen LogP contribution is 2.13. The highest BCUT2D eigenvalue weighted by molar-refractivity contribution is 6.17. The van der Waals surface area contributed by atoms with Crippen molar-refractivity contribution in [3.05, 3.63) is 0 Å². The first-order valence-electron chi connectivity index (χ1n) is 6.25. The largest absolute Gasteiger partial charge is 0.377 e. The third-order valence-corrected chi connectivity index (χ3v) is 3.26. The van der Waals surface area contributed by atoms with Gasteiger partial charge in [-0.25, -0.2) is 0 Å². The van der Waals surface area contributed by atoms with Crippen molar-refractivity contribution in [1.29, 1.82) is 0 Å². The lowest BCUT2D eigenvalue weighted by atomic mass is 10.0. The Kier molecular flexibility index (Phi) is 7.41. The van der Waals surface area contributed by atoms with Crippen molar-refractivity contribution in [2.45, 2.75) is 45.1 Å². The summed E-state index contributed by atoms with van der Waals surface area (Å²) in [5.74, 6) is 1.53. The van der Waals surface area contributed by atoms with Crippen molar-refractivity contribution < 1.29 is 4.74 Å². The predicted molar refractivity (Wildman–Crippen MR) is 65.6 cm³/mol. The van der Waals surface area contributed by atoms with Gasteiger partial charge in [0.1, 0.15) is 0 Å². The second-order valence-corrected chi connectivity index (χ2v) is 4.80. The molecule has 0 spiro atoms. The van der Waals surface area contributed by atoms with E-state index in [9.17, 15) is 0 Å². The Morgan fingerprint density at radius 2 is 2.33 bits per heavy atom. The topological polar surface area (TPSA) is 21.3 Å². The monoisotopic (exact) mass is 233 g/mol. The van der Waals surface area contributed by atoms with Crippen LogP contribution >= 0.6 is 11.6 Å². The fraction of sp³-hybridized carbons (Fsp3) is 1.00. The van der Waals surface area contributed by atoms with Crippen molar-refractivity contribution in [1.82, 2.24) is 5.32 Å². The van der Waals surface area contributed by atoms with E-state index in [-0.39, 0.29) is 0 Å². The minimum atomic E-state index is 0.461. The highest BCUT2D eigenvalue weighted by Gasteiger charge is 2.15. The molecule has 1 N–H and O–H groups in total. The average molecular weight is 234 g/mol. The zero-order chi connectivity index (χ0) is 10.9. The van der Waals surface area contributed by atoms with Gasteiger partial charge in [-0.2, -0.15) is 0 Å². The van der Waals surface area contributed by atoms with E-state index in [1.54, 1.807) is 0 Å². The number of hydrogen-bond acceptors (Lipinski definition) is 2. The molecule has 3 heteroatoms. The van der Waals surface area contributed by atoms with Gasteiger partial charge in [0.15, 0.2) is 0 Å². The van der Waals surface area contributed by atoms with E-state index in [1.165, 1.54) is 25.7 Å². The van der Waals surface area contributed by atoms with E-state index in [1.807, 2.05) is 0 Å². The molecule has 0 amide bonds. The third kappa shape index (κ3) is 5.74. The van der Waals surface area contributed by atoms with E-state index in [4.69, 9.17) is 16.3 Å². The first-order valence-corrected chi connectivity index (χ1v) is 6.78. The van der Waals surface area contributed by atoms with Gasteiger partial charge in [0.25, 0.3) is 0 Å². The first kappa shape index (κ1) is 13.3. The lowest BCUT2D eigenvalue weighted by Gasteiger charge is -2.17. The lowest BCUT2D eigenvalue weighted by molar-refractivity contribution is 0.109. The Labute approximate surface area is 98.7 Å². The second kappa shape index (κ2) is 8.37. The maximum absolute atomic E-state index is 5.79. The van der Waals surface area contributed by atoms with Crippen LogP contribution in [0.3, 0.4) is 0 Å². The van der Waals surface area contributed by atoms with Crippen LogP contribution in [0.1, 0.15) is 39.0 Å². The van der Waals surface area contributed by atoms with Crippen LogP contribution in [0.5, 0.6) is 0 Å². The number of rotatable bonds is 8. The molecular weight excluding hydrogens is 210 g/mol. The lowest BCUT2D eigenvalue weighted by Crippen LogP contribution is -2.30. The van der Waals surface area contributed by atoms with E-state index >= 15 is 0 Å². The van der Waals surface area contributed by atoms with E-state index in [2.05, 4.69) is 12.2 Å². The first-order chi connectivity index (χ1) is 7.36. The minimum absolute atomic E-state index is 0.461. The molecule has 1 aliphatic rings. The van der Waals surface area contributed by atoms with Crippen molar-refractivity contribution in [3.8, 4) is 0 Å². The number of nitrogens with one attached hydrogen (secondary N) is 1. The molecule has 1 rings (SSSR count). The molecule has 1 aliphatic heterocycles. The summed E-state index contributed by atoms with van der Waals surface area (Å²) in [6.45, 7) is 5.30. The molecule has 0 aromatic rings. The molecule has 0 aliphatic carbocycles. The van der Waals surface area contributed by atoms with Crippen LogP contribution in [0.4, 0.5) is 0 Å². The Morgan fingerprint density at radius 1 is 1.47 bits per heavy atom. The van der Waals surface area contributed by atoms with E-state index in [0.29, 0.717) is 6.10 Å². The van der Waals surface area contributed by atoms with Gasteiger partial charge in [0.2, 0.25) is 0 Å². The van der Waals surface area contributed by atoms with Gasteiger partial charge < -0.3 is 10.1 Å². The van der Waals surface area contributed by atoms with Crippen molar-refractivity contribution in [3.63, 3.8) is 0 Å². The van der Waals surface area contributed by atoms with Gasteiger partial charge in [-0.15, -0.1) is 11.6 Å². The fourth-order valence-corrected chi connectivity index (χ4v) is 2.47. The van der Waals surface area contributed by atoms with Gasteiger partial charge in [-0.3, -0.25) is 0 Å². The average Bonchev–Trinajstić information content (AvgIpc) is 2.71. The van der Waals surface area contributed by atoms with Crippen LogP contribution in [0, 0.1) is 5.92 Å². The molecule has 0 bridgehead atoms. The molecule has 0 aromatic heterocycles. The van der Waals surface area contributed by atoms with Gasteiger partial charge in [0.05, 0.1) is 6.10 Å². The molecule has 0 saturated carbocycles. The summed E-state index contributed by atoms with van der Waals surface area (Å²) in [6.07, 6.45) is 6.58. The number of hydrogen-bond donors (Lipinski definition) is 1. The maximum Gasteiger partial charge on any atom is 0.0700 e. The zero-order valence-electron chi connectivity index (χ0n) is 9.80. The summed E-state index contributed by atoms with van der Waals surface area (Å²) in [5, 5.41) is 3.51. The van der Waals surface area contributed by atoms with Crippen LogP contribution in [0.2, 0.25) is 0 Å². The molecule has 1 saturated heterocycles. The van der Waals surface area contributed by atoms with E-state index in [0.717, 1.165) is 37.9 Å². The molecule has 2 unspecified atom stereocenters. The van der Waals surface area contributed by atoms with Crippen LogP contribution < -0.4 is 5.32 Å². The van der Waals surface area contributed by atoms with Crippen LogP contribution in [0.15, 0.2) is 0 Å². The molecule has 1 heterocycles. The fourth-order valence-electron chi connectivity index (χ4n) is 2.16. The van der Waals surface area contributed by atoms with Gasteiger partial charge in [0, 0.05) is 19.0 Å². The molecular formula is C12H24ClNO. The summed E-state index contributed by atoms with van der Waals surface area (Å²) < 4.78 is 5.57. The number of halogens is 1. The Morgan fingerprint density at radius 3 is 2.93 bits per heavy atom. The van der Waals surface area contributed by atoms with Gasteiger partial charge in [-0.05, 0) is 38.1 Å². The van der Waals surface area contributed by atoms with Crippen LogP contribution in [-0.4, -0.2) is 31.7 Å². The van der Waals surface area contributed by atoms with Crippen molar-refractivity contribution in [2.24, 2.45) is 5.92 Å². The van der Waals surface area contributed by atoms with Gasteiger partial charge in [-0.1, -0.05) is 13.3 Å². The number of ether oxygens (including phenoxy) is 1. The second-order valence-electron chi connectivity index (χ2n) is 4.43. The van der Waals surface area contributed by atoms with Crippen molar-refractivity contribution >= 4 is 11.6 Å². The summed E-state index contributed by atoms with van der Waals surface area (Å²) in [6, 6.07) is 0. The zero-order valence-corrected chi connectivity index (χ0v) is 10.6. The smallest absolute Gasteiger partial charge is 0.0700 e. The highest BCUT2D eigenvalue weighted by atomic mass is 35.5. The SMILES string of the molecule is CCCC(CCCl)CNCC1CCCO1. The molecule has 90 valence electrons. The van der Waals surface area contributed by atoms with Crippen molar-refractivity contribution in [2.75, 3.05) is 25.6 Å². The minimum Gasteiger partial charge on any atom is -0.377 e. The van der Waals surface area contributed by atoms with Gasteiger partial charge >= 0.3 is 0 Å². The maximum atomic E-state index is 5.79. The normalized spacial score (nSPS) is 23.2. The summed E-state index contributed by atoms with van der Waals surface area (Å²) >= 11 is 5.79. The molecule has 15 heavy (non-hydrogen) atoms. The molecule has 0 radical (unpaired) electrons. The quantitative estimate of drug-likeness (QED) is 0.651. The molecule has 2 atom stereocenters. The summed E-state index contributed by atoms with van der Waals surface area (Å²) in [5.41, 5.74) is 0. The molecule has 1 fully saturated rings. The standard InChI is InChI=1S/C12H24ClNO/c1-2-4-11(6-7-13)9-14-10-12-5-3-8-15-12/h11-12,14H,2-10H2,1H3. The van der Waals surface area contributed by atoms with E-state index < -0.39 is 0 Å². The Balaban J connectivity index is 2.04. The summed E-state index contributed by atoms with van der Waals surface area (Å²) in [4.78, 5) is 0. The van der Waals surface area contributed by atoms with Crippen LogP contribution in [-0.2, 0) is 4.74 Å².